The van der Waals surface area contributed by atoms with Crippen molar-refractivity contribution in [3.05, 3.63) is 54.0 Å². The fraction of sp³-hybridized carbons (Fsp3) is 0. The molecule has 0 atom stereocenters. The maximum absolute atomic E-state index is 13.4. The van der Waals surface area contributed by atoms with Crippen molar-refractivity contribution in [1.82, 2.24) is 9.38 Å². The molecule has 1 aromatic carbocycles. The van der Waals surface area contributed by atoms with Gasteiger partial charge >= 0.3 is 0 Å². The number of halogens is 1. The summed E-state index contributed by atoms with van der Waals surface area (Å²) in [6, 6.07) is 5.71. The Labute approximate surface area is 110 Å². The summed E-state index contributed by atoms with van der Waals surface area (Å²) in [5.41, 5.74) is 0.710. The number of hydrogen-bond acceptors (Lipinski definition) is 1. The van der Waals surface area contributed by atoms with Crippen LogP contribution in [-0.4, -0.2) is 9.38 Å². The Morgan fingerprint density at radius 3 is 3.00 bits per heavy atom. The van der Waals surface area contributed by atoms with E-state index in [9.17, 15) is 4.39 Å². The Morgan fingerprint density at radius 1 is 1.41 bits per heavy atom. The number of rotatable bonds is 0. The van der Waals surface area contributed by atoms with Gasteiger partial charge in [-0.1, -0.05) is 11.5 Å². The minimum atomic E-state index is -0.543. The first kappa shape index (κ1) is 11.7. The van der Waals surface area contributed by atoms with E-state index in [0.29, 0.717) is 16.4 Å². The summed E-state index contributed by atoms with van der Waals surface area (Å²) in [6.45, 7) is 6.98. The molecule has 0 unspecified atom stereocenters. The number of hydrogen-bond donors (Lipinski definition) is 0. The summed E-state index contributed by atoms with van der Waals surface area (Å²) in [4.78, 5) is 7.37. The molecule has 3 aromatic rings. The molecule has 0 N–H and O–H groups in total. The monoisotopic (exact) mass is 403 g/mol. The van der Waals surface area contributed by atoms with E-state index in [1.165, 1.54) is 6.07 Å². The van der Waals surface area contributed by atoms with E-state index in [0.717, 1.165) is 0 Å². The standard InChI is InChI=1S/C12H5FN3.Ir/c1-14-11-8-4-6-16-7-5-15-12(16)9(8)2-3-10(11)13;/h3-7H;/q-1;. The van der Waals surface area contributed by atoms with Crippen LogP contribution in [0.25, 0.3) is 21.3 Å². The van der Waals surface area contributed by atoms with Gasteiger partial charge < -0.3 is 4.40 Å². The van der Waals surface area contributed by atoms with Crippen molar-refractivity contribution in [3.8, 4) is 0 Å². The van der Waals surface area contributed by atoms with Crippen molar-refractivity contribution >= 4 is 22.1 Å². The second-order valence-corrected chi connectivity index (χ2v) is 3.36. The normalized spacial score (nSPS) is 10.1. The minimum Gasteiger partial charge on any atom is -0.347 e. The maximum Gasteiger partial charge on any atom is 0.149 e. The average Bonchev–Trinajstić information content (AvgIpc) is 2.76. The molecule has 2 aromatic heterocycles. The molecule has 0 saturated carbocycles. The number of fused-ring (bicyclic) bond motifs is 3. The van der Waals surface area contributed by atoms with Gasteiger partial charge in [0.2, 0.25) is 0 Å². The zero-order chi connectivity index (χ0) is 11.1. The van der Waals surface area contributed by atoms with Crippen LogP contribution < -0.4 is 0 Å². The second-order valence-electron chi connectivity index (χ2n) is 3.36. The van der Waals surface area contributed by atoms with Crippen molar-refractivity contribution in [1.29, 1.82) is 0 Å². The molecule has 0 aliphatic carbocycles. The fourth-order valence-electron chi connectivity index (χ4n) is 1.77. The molecule has 0 fully saturated rings. The molecule has 0 saturated heterocycles. The van der Waals surface area contributed by atoms with Crippen molar-refractivity contribution in [2.75, 3.05) is 0 Å². The largest absolute Gasteiger partial charge is 0.347 e. The summed E-state index contributed by atoms with van der Waals surface area (Å²) in [5.74, 6) is -0.543. The Hall–Kier alpha value is -1.76. The van der Waals surface area contributed by atoms with Crippen LogP contribution in [0.3, 0.4) is 0 Å². The first-order valence-corrected chi connectivity index (χ1v) is 4.64. The molecule has 85 valence electrons. The molecule has 0 bridgehead atoms. The summed E-state index contributed by atoms with van der Waals surface area (Å²) in [7, 11) is 0. The van der Waals surface area contributed by atoms with Crippen LogP contribution in [0.1, 0.15) is 0 Å². The Morgan fingerprint density at radius 2 is 2.24 bits per heavy atom. The van der Waals surface area contributed by atoms with Gasteiger partial charge in [0.15, 0.2) is 0 Å². The zero-order valence-electron chi connectivity index (χ0n) is 8.44. The molecule has 17 heavy (non-hydrogen) atoms. The Bertz CT molecular complexity index is 742. The summed E-state index contributed by atoms with van der Waals surface area (Å²) in [5, 5.41) is 1.22. The summed E-state index contributed by atoms with van der Waals surface area (Å²) in [6.07, 6.45) is 5.21. The van der Waals surface area contributed by atoms with Crippen LogP contribution >= 0.6 is 0 Å². The number of imidazole rings is 1. The van der Waals surface area contributed by atoms with E-state index in [1.54, 1.807) is 24.7 Å². The predicted molar refractivity (Wildman–Crippen MR) is 57.8 cm³/mol. The van der Waals surface area contributed by atoms with Crippen molar-refractivity contribution < 1.29 is 24.5 Å². The fourth-order valence-corrected chi connectivity index (χ4v) is 1.77. The SMILES string of the molecule is [C-]#[N+]c1c(F)c[c-]c2c1ccn1ccnc21.[Ir]. The molecule has 1 radical (unpaired) electrons. The Balaban J connectivity index is 0.00000108. The van der Waals surface area contributed by atoms with Crippen molar-refractivity contribution in [2.45, 2.75) is 0 Å². The first-order chi connectivity index (χ1) is 7.81. The second kappa shape index (κ2) is 4.25. The molecule has 3 nitrogen and oxygen atoms in total. The van der Waals surface area contributed by atoms with E-state index in [1.807, 2.05) is 4.40 Å². The quantitative estimate of drug-likeness (QED) is 0.530. The third-order valence-electron chi connectivity index (χ3n) is 2.50. The van der Waals surface area contributed by atoms with Crippen LogP contribution in [-0.2, 0) is 20.1 Å². The van der Waals surface area contributed by atoms with Crippen molar-refractivity contribution in [3.63, 3.8) is 0 Å². The summed E-state index contributed by atoms with van der Waals surface area (Å²) >= 11 is 0. The molecule has 0 amide bonds. The van der Waals surface area contributed by atoms with Crippen molar-refractivity contribution in [2.24, 2.45) is 0 Å². The number of benzene rings is 1. The van der Waals surface area contributed by atoms with Gasteiger partial charge in [-0.3, -0.25) is 14.2 Å². The average molecular weight is 402 g/mol. The first-order valence-electron chi connectivity index (χ1n) is 4.64. The maximum atomic E-state index is 13.4. The van der Waals surface area contributed by atoms with E-state index in [4.69, 9.17) is 6.57 Å². The smallest absolute Gasteiger partial charge is 0.149 e. The van der Waals surface area contributed by atoms with Crippen LogP contribution in [0.4, 0.5) is 10.1 Å². The van der Waals surface area contributed by atoms with Gasteiger partial charge in [0, 0.05) is 38.3 Å². The third-order valence-corrected chi connectivity index (χ3v) is 2.50. The zero-order valence-corrected chi connectivity index (χ0v) is 10.8. The van der Waals surface area contributed by atoms with Crippen LogP contribution in [0.15, 0.2) is 30.7 Å². The van der Waals surface area contributed by atoms with Crippen LogP contribution in [0.5, 0.6) is 0 Å². The molecule has 0 aliphatic rings. The Kier molecular flexibility index (Phi) is 2.93. The van der Waals surface area contributed by atoms with E-state index >= 15 is 0 Å². The van der Waals surface area contributed by atoms with Gasteiger partial charge in [0.05, 0.1) is 12.2 Å². The van der Waals surface area contributed by atoms with E-state index < -0.39 is 5.82 Å². The van der Waals surface area contributed by atoms with Crippen LogP contribution in [0.2, 0.25) is 0 Å². The van der Waals surface area contributed by atoms with Gasteiger partial charge in [-0.25, -0.2) is 0 Å². The van der Waals surface area contributed by atoms with E-state index in [-0.39, 0.29) is 25.8 Å². The molecule has 2 heterocycles. The predicted octanol–water partition coefficient (Wildman–Crippen LogP) is 2.98. The topological polar surface area (TPSA) is 21.7 Å². The molecular formula is C12H5FIrN3-. The van der Waals surface area contributed by atoms with Gasteiger partial charge in [-0.05, 0) is 6.20 Å². The third kappa shape index (κ3) is 1.62. The number of nitrogens with zero attached hydrogens (tertiary/aromatic N) is 3. The van der Waals surface area contributed by atoms with Gasteiger partial charge in [0.1, 0.15) is 5.69 Å². The molecule has 5 heteroatoms. The number of aromatic nitrogens is 2. The summed E-state index contributed by atoms with van der Waals surface area (Å²) < 4.78 is 15.2. The molecule has 3 rings (SSSR count). The molecule has 0 aliphatic heterocycles. The molecule has 0 spiro atoms. The van der Waals surface area contributed by atoms with Gasteiger partial charge in [-0.15, -0.1) is 17.5 Å². The minimum absolute atomic E-state index is 0. The number of pyridine rings is 1. The van der Waals surface area contributed by atoms with Gasteiger partial charge in [0.25, 0.3) is 0 Å². The van der Waals surface area contributed by atoms with Crippen LogP contribution in [0, 0.1) is 18.5 Å². The molecular weight excluding hydrogens is 397 g/mol. The van der Waals surface area contributed by atoms with E-state index in [2.05, 4.69) is 15.9 Å². The van der Waals surface area contributed by atoms with Gasteiger partial charge in [-0.2, -0.15) is 0 Å².